The van der Waals surface area contributed by atoms with E-state index >= 15 is 0 Å². The number of anilines is 1. The Morgan fingerprint density at radius 2 is 1.84 bits per heavy atom. The van der Waals surface area contributed by atoms with Gasteiger partial charge in [-0.25, -0.2) is 9.78 Å². The van der Waals surface area contributed by atoms with Gasteiger partial charge in [-0.2, -0.15) is 0 Å². The van der Waals surface area contributed by atoms with Gasteiger partial charge in [0, 0.05) is 11.3 Å². The molecule has 1 aromatic heterocycles. The van der Waals surface area contributed by atoms with E-state index in [1.807, 2.05) is 53.7 Å². The highest BCUT2D eigenvalue weighted by Crippen LogP contribution is 2.44. The molecule has 0 aliphatic carbocycles. The minimum Gasteiger partial charge on any atom is -0.486 e. The highest BCUT2D eigenvalue weighted by Gasteiger charge is 2.37. The predicted octanol–water partition coefficient (Wildman–Crippen LogP) is 5.27. The summed E-state index contributed by atoms with van der Waals surface area (Å²) >= 11 is 0. The van der Waals surface area contributed by atoms with Crippen molar-refractivity contribution in [3.05, 3.63) is 45.6 Å². The molecule has 0 saturated heterocycles. The molecule has 7 nitrogen and oxygen atoms in total. The maximum absolute atomic E-state index is 12.8. The van der Waals surface area contributed by atoms with Crippen molar-refractivity contribution in [3.8, 4) is 11.5 Å². The van der Waals surface area contributed by atoms with Gasteiger partial charge in [0.2, 0.25) is 5.91 Å². The summed E-state index contributed by atoms with van der Waals surface area (Å²) in [6, 6.07) is 3.82. The Bertz CT molecular complexity index is 1040. The summed E-state index contributed by atoms with van der Waals surface area (Å²) in [4.78, 5) is 29.0. The summed E-state index contributed by atoms with van der Waals surface area (Å²) in [7, 11) is 0. The predicted molar refractivity (Wildman–Crippen MR) is 123 cm³/mol. The van der Waals surface area contributed by atoms with Gasteiger partial charge in [0.1, 0.15) is 22.9 Å². The van der Waals surface area contributed by atoms with Crippen LogP contribution in [0.3, 0.4) is 0 Å². The number of carbonyl (C=O) groups is 2. The molecule has 7 heteroatoms. The molecule has 0 saturated carbocycles. The third-order valence-corrected chi connectivity index (χ3v) is 5.91. The fourth-order valence-corrected chi connectivity index (χ4v) is 4.22. The topological polar surface area (TPSA) is 86.8 Å². The van der Waals surface area contributed by atoms with Gasteiger partial charge in [0.25, 0.3) is 0 Å². The maximum atomic E-state index is 12.8. The van der Waals surface area contributed by atoms with Gasteiger partial charge in [0.05, 0.1) is 13.0 Å². The molecule has 1 amide bonds. The van der Waals surface area contributed by atoms with Gasteiger partial charge in [-0.1, -0.05) is 0 Å². The second kappa shape index (κ2) is 9.18. The number of aryl methyl sites for hydroxylation is 2. The lowest BCUT2D eigenvalue weighted by atomic mass is 9.85. The quantitative estimate of drug-likeness (QED) is 0.503. The van der Waals surface area contributed by atoms with Gasteiger partial charge in [-0.05, 0) is 95.7 Å². The van der Waals surface area contributed by atoms with Crippen molar-refractivity contribution < 1.29 is 23.8 Å². The Morgan fingerprint density at radius 1 is 1.12 bits per heavy atom. The Hall–Kier alpha value is -3.09. The van der Waals surface area contributed by atoms with Crippen LogP contribution in [0.1, 0.15) is 60.2 Å². The van der Waals surface area contributed by atoms with Gasteiger partial charge in [-0.3, -0.25) is 4.79 Å². The normalized spacial score (nSPS) is 17.2. The van der Waals surface area contributed by atoms with Gasteiger partial charge in [-0.15, -0.1) is 0 Å². The van der Waals surface area contributed by atoms with Crippen LogP contribution in [-0.4, -0.2) is 29.3 Å². The van der Waals surface area contributed by atoms with Crippen LogP contribution in [-0.2, 0) is 16.0 Å². The van der Waals surface area contributed by atoms with Gasteiger partial charge in [0.15, 0.2) is 0 Å². The standard InChI is InChI=1S/C25H32N2O5/c1-8-30-24(29)31-22-16(4)17(5)23-19(18(22)6)9-10-25(7,32-23)13-21(28)27-20-12-14(2)11-15(3)26-20/h11-12H,8-10,13H2,1-7H3,(H,26,27,28). The van der Waals surface area contributed by atoms with Gasteiger partial charge < -0.3 is 19.5 Å². The van der Waals surface area contributed by atoms with E-state index in [1.165, 1.54) is 0 Å². The van der Waals surface area contributed by atoms with Crippen LogP contribution in [0, 0.1) is 34.6 Å². The van der Waals surface area contributed by atoms with E-state index in [4.69, 9.17) is 14.2 Å². The van der Waals surface area contributed by atoms with Crippen LogP contribution < -0.4 is 14.8 Å². The summed E-state index contributed by atoms with van der Waals surface area (Å²) < 4.78 is 16.8. The average Bonchev–Trinajstić information content (AvgIpc) is 2.68. The Kier molecular flexibility index (Phi) is 6.77. The molecule has 1 atom stereocenters. The van der Waals surface area contributed by atoms with Crippen LogP contribution in [0.4, 0.5) is 10.6 Å². The minimum atomic E-state index is -0.712. The zero-order chi connectivity index (χ0) is 23.6. The van der Waals surface area contributed by atoms with Gasteiger partial charge >= 0.3 is 6.16 Å². The smallest absolute Gasteiger partial charge is 0.486 e. The number of hydrogen-bond donors (Lipinski definition) is 1. The lowest BCUT2D eigenvalue weighted by molar-refractivity contribution is -0.120. The minimum absolute atomic E-state index is 0.137. The third kappa shape index (κ3) is 5.03. The summed E-state index contributed by atoms with van der Waals surface area (Å²) in [5.41, 5.74) is 4.84. The first kappa shape index (κ1) is 23.6. The molecule has 0 spiro atoms. The number of rotatable bonds is 5. The second-order valence-electron chi connectivity index (χ2n) is 8.74. The first-order chi connectivity index (χ1) is 15.0. The number of amides is 1. The number of aromatic nitrogens is 1. The molecule has 172 valence electrons. The molecule has 1 unspecified atom stereocenters. The molecule has 3 rings (SSSR count). The summed E-state index contributed by atoms with van der Waals surface area (Å²) in [5, 5.41) is 2.90. The number of nitrogens with one attached hydrogen (secondary N) is 1. The molecular weight excluding hydrogens is 408 g/mol. The lowest BCUT2D eigenvalue weighted by Crippen LogP contribution is -2.40. The van der Waals surface area contributed by atoms with E-state index in [1.54, 1.807) is 6.92 Å². The number of fused-ring (bicyclic) bond motifs is 1. The van der Waals surface area contributed by atoms with Crippen molar-refractivity contribution in [1.82, 2.24) is 4.98 Å². The SMILES string of the molecule is CCOC(=O)Oc1c(C)c(C)c2c(c1C)CCC(C)(CC(=O)Nc1cc(C)cc(C)n1)O2. The van der Waals surface area contributed by atoms with E-state index < -0.39 is 11.8 Å². The number of hydrogen-bond acceptors (Lipinski definition) is 6. The van der Waals surface area contributed by atoms with E-state index in [0.29, 0.717) is 24.4 Å². The Morgan fingerprint density at radius 3 is 2.50 bits per heavy atom. The molecular formula is C25H32N2O5. The molecule has 1 aliphatic rings. The van der Waals surface area contributed by atoms with E-state index in [2.05, 4.69) is 10.3 Å². The largest absolute Gasteiger partial charge is 0.513 e. The van der Waals surface area contributed by atoms with Crippen molar-refractivity contribution >= 4 is 17.9 Å². The van der Waals surface area contributed by atoms with Crippen LogP contribution in [0.15, 0.2) is 12.1 Å². The first-order valence-corrected chi connectivity index (χ1v) is 10.9. The molecule has 0 radical (unpaired) electrons. The van der Waals surface area contributed by atoms with E-state index in [9.17, 15) is 9.59 Å². The van der Waals surface area contributed by atoms with Crippen LogP contribution in [0.2, 0.25) is 0 Å². The van der Waals surface area contributed by atoms with Crippen LogP contribution >= 0.6 is 0 Å². The highest BCUT2D eigenvalue weighted by atomic mass is 16.7. The highest BCUT2D eigenvalue weighted by molar-refractivity contribution is 5.90. The van der Waals surface area contributed by atoms with Crippen molar-refractivity contribution in [1.29, 1.82) is 0 Å². The van der Waals surface area contributed by atoms with Crippen molar-refractivity contribution in [2.45, 2.75) is 73.3 Å². The summed E-state index contributed by atoms with van der Waals surface area (Å²) in [6.07, 6.45) is 0.874. The molecule has 0 fully saturated rings. The molecule has 1 aromatic carbocycles. The number of pyridine rings is 1. The zero-order valence-corrected chi connectivity index (χ0v) is 20.0. The molecule has 32 heavy (non-hydrogen) atoms. The summed E-state index contributed by atoms with van der Waals surface area (Å²) in [6.45, 7) is 13.6. The fraction of sp³-hybridized carbons (Fsp3) is 0.480. The number of nitrogens with zero attached hydrogens (tertiary/aromatic N) is 1. The summed E-state index contributed by atoms with van der Waals surface area (Å²) in [5.74, 6) is 1.70. The number of carbonyl (C=O) groups excluding carboxylic acids is 2. The maximum Gasteiger partial charge on any atom is 0.513 e. The fourth-order valence-electron chi connectivity index (χ4n) is 4.22. The van der Waals surface area contributed by atoms with E-state index in [-0.39, 0.29) is 18.9 Å². The molecule has 1 N–H and O–H groups in total. The number of benzene rings is 1. The lowest BCUT2D eigenvalue weighted by Gasteiger charge is -2.37. The number of ether oxygens (including phenoxy) is 3. The molecule has 1 aliphatic heterocycles. The second-order valence-corrected chi connectivity index (χ2v) is 8.74. The van der Waals surface area contributed by atoms with E-state index in [0.717, 1.165) is 39.3 Å². The molecule has 2 aromatic rings. The zero-order valence-electron chi connectivity index (χ0n) is 20.0. The first-order valence-electron chi connectivity index (χ1n) is 10.9. The monoisotopic (exact) mass is 440 g/mol. The Labute approximate surface area is 189 Å². The van der Waals surface area contributed by atoms with Crippen molar-refractivity contribution in [3.63, 3.8) is 0 Å². The van der Waals surface area contributed by atoms with Crippen LogP contribution in [0.5, 0.6) is 11.5 Å². The third-order valence-electron chi connectivity index (χ3n) is 5.91. The molecule has 2 heterocycles. The van der Waals surface area contributed by atoms with Crippen LogP contribution in [0.25, 0.3) is 0 Å². The Balaban J connectivity index is 1.80. The van der Waals surface area contributed by atoms with Crippen molar-refractivity contribution in [2.24, 2.45) is 0 Å². The molecule has 0 bridgehead atoms. The average molecular weight is 441 g/mol. The van der Waals surface area contributed by atoms with Crippen molar-refractivity contribution in [2.75, 3.05) is 11.9 Å².